The average Bonchev–Trinajstić information content (AvgIpc) is 2.37. The first kappa shape index (κ1) is 12.2. The van der Waals surface area contributed by atoms with Gasteiger partial charge in [0.2, 0.25) is 0 Å². The van der Waals surface area contributed by atoms with E-state index >= 15 is 0 Å². The summed E-state index contributed by atoms with van der Waals surface area (Å²) in [7, 11) is 0. The van der Waals surface area contributed by atoms with Crippen LogP contribution in [0.1, 0.15) is 11.1 Å². The fourth-order valence-corrected chi connectivity index (χ4v) is 2.63. The fraction of sp³-hybridized carbons (Fsp3) is 0.118. The van der Waals surface area contributed by atoms with E-state index in [0.717, 1.165) is 27.2 Å². The Kier molecular flexibility index (Phi) is 3.00. The van der Waals surface area contributed by atoms with Crippen LogP contribution in [0.4, 0.5) is 0 Å². The van der Waals surface area contributed by atoms with Gasteiger partial charge in [0.1, 0.15) is 0 Å². The molecule has 1 nitrogen and oxygen atoms in total. The van der Waals surface area contributed by atoms with Crippen LogP contribution in [0.2, 0.25) is 5.02 Å². The minimum atomic E-state index is 0.747. The molecule has 0 bridgehead atoms. The van der Waals surface area contributed by atoms with E-state index in [4.69, 9.17) is 16.6 Å². The van der Waals surface area contributed by atoms with Gasteiger partial charge in [-0.15, -0.1) is 0 Å². The van der Waals surface area contributed by atoms with Crippen LogP contribution in [0.3, 0.4) is 0 Å². The van der Waals surface area contributed by atoms with Crippen molar-refractivity contribution in [3.8, 4) is 11.3 Å². The topological polar surface area (TPSA) is 12.9 Å². The first-order valence-electron chi connectivity index (χ1n) is 6.27. The summed E-state index contributed by atoms with van der Waals surface area (Å²) in [6.07, 6.45) is 0. The van der Waals surface area contributed by atoms with Crippen LogP contribution in [0.25, 0.3) is 22.2 Å². The molecule has 1 heterocycles. The van der Waals surface area contributed by atoms with Gasteiger partial charge in [0.25, 0.3) is 0 Å². The summed E-state index contributed by atoms with van der Waals surface area (Å²) in [6, 6.07) is 16.4. The Morgan fingerprint density at radius 2 is 1.63 bits per heavy atom. The van der Waals surface area contributed by atoms with E-state index in [1.807, 2.05) is 30.3 Å². The van der Waals surface area contributed by atoms with Gasteiger partial charge in [-0.05, 0) is 50.2 Å². The molecule has 0 N–H and O–H groups in total. The smallest absolute Gasteiger partial charge is 0.0724 e. The van der Waals surface area contributed by atoms with Crippen LogP contribution in [0, 0.1) is 13.8 Å². The molecule has 0 aliphatic heterocycles. The second-order valence-corrected chi connectivity index (χ2v) is 5.29. The van der Waals surface area contributed by atoms with E-state index in [-0.39, 0.29) is 0 Å². The average molecular weight is 268 g/mol. The van der Waals surface area contributed by atoms with Crippen molar-refractivity contribution in [2.45, 2.75) is 13.8 Å². The Labute approximate surface area is 117 Å². The number of aromatic nitrogens is 1. The fourth-order valence-electron chi connectivity index (χ4n) is 2.40. The molecule has 94 valence electrons. The van der Waals surface area contributed by atoms with E-state index in [9.17, 15) is 0 Å². The van der Waals surface area contributed by atoms with Crippen molar-refractivity contribution < 1.29 is 0 Å². The van der Waals surface area contributed by atoms with Gasteiger partial charge in [-0.25, -0.2) is 4.98 Å². The normalized spacial score (nSPS) is 10.9. The molecule has 0 aliphatic rings. The van der Waals surface area contributed by atoms with Gasteiger partial charge >= 0.3 is 0 Å². The van der Waals surface area contributed by atoms with Crippen LogP contribution in [-0.2, 0) is 0 Å². The molecule has 0 unspecified atom stereocenters. The number of hydrogen-bond donors (Lipinski definition) is 0. The maximum Gasteiger partial charge on any atom is 0.0724 e. The highest BCUT2D eigenvalue weighted by Crippen LogP contribution is 2.26. The minimum Gasteiger partial charge on any atom is -0.248 e. The van der Waals surface area contributed by atoms with Crippen molar-refractivity contribution in [3.63, 3.8) is 0 Å². The largest absolute Gasteiger partial charge is 0.248 e. The second kappa shape index (κ2) is 4.67. The summed E-state index contributed by atoms with van der Waals surface area (Å²) < 4.78 is 0. The Hall–Kier alpha value is -1.86. The summed E-state index contributed by atoms with van der Waals surface area (Å²) in [6.45, 7) is 4.21. The van der Waals surface area contributed by atoms with Gasteiger partial charge < -0.3 is 0 Å². The third-order valence-electron chi connectivity index (χ3n) is 3.20. The van der Waals surface area contributed by atoms with Crippen molar-refractivity contribution in [2.24, 2.45) is 0 Å². The van der Waals surface area contributed by atoms with Gasteiger partial charge in [-0.1, -0.05) is 34.9 Å². The third-order valence-corrected chi connectivity index (χ3v) is 3.53. The number of rotatable bonds is 1. The zero-order valence-electron chi connectivity index (χ0n) is 10.9. The van der Waals surface area contributed by atoms with Crippen LogP contribution in [-0.4, -0.2) is 4.98 Å². The Morgan fingerprint density at radius 1 is 0.895 bits per heavy atom. The first-order chi connectivity index (χ1) is 9.13. The van der Waals surface area contributed by atoms with E-state index in [2.05, 4.69) is 32.0 Å². The summed E-state index contributed by atoms with van der Waals surface area (Å²) in [5.41, 5.74) is 5.58. The Morgan fingerprint density at radius 3 is 2.37 bits per heavy atom. The molecule has 19 heavy (non-hydrogen) atoms. The number of benzene rings is 2. The molecule has 0 fully saturated rings. The van der Waals surface area contributed by atoms with Gasteiger partial charge in [-0.2, -0.15) is 0 Å². The molecule has 3 aromatic rings. The minimum absolute atomic E-state index is 0.747. The molecule has 0 aliphatic carbocycles. The predicted molar refractivity (Wildman–Crippen MR) is 81.7 cm³/mol. The lowest BCUT2D eigenvalue weighted by Crippen LogP contribution is -1.88. The second-order valence-electron chi connectivity index (χ2n) is 4.88. The van der Waals surface area contributed by atoms with E-state index in [1.54, 1.807) is 0 Å². The molecular weight excluding hydrogens is 254 g/mol. The summed E-state index contributed by atoms with van der Waals surface area (Å²) >= 11 is 6.17. The molecule has 2 aromatic carbocycles. The van der Waals surface area contributed by atoms with Crippen LogP contribution < -0.4 is 0 Å². The number of pyridine rings is 1. The maximum absolute atomic E-state index is 6.17. The molecule has 0 atom stereocenters. The maximum atomic E-state index is 6.17. The lowest BCUT2D eigenvalue weighted by molar-refractivity contribution is 1.34. The lowest BCUT2D eigenvalue weighted by Gasteiger charge is -2.06. The number of nitrogens with zero attached hydrogens (tertiary/aromatic N) is 1. The van der Waals surface area contributed by atoms with Crippen molar-refractivity contribution in [1.82, 2.24) is 4.98 Å². The SMILES string of the molecule is Cc1cc(C)cc(-c2ccc3c(Cl)cccc3n2)c1. The monoisotopic (exact) mass is 267 g/mol. The highest BCUT2D eigenvalue weighted by Gasteiger charge is 2.04. The molecule has 0 spiro atoms. The molecule has 0 amide bonds. The molecule has 0 saturated heterocycles. The van der Waals surface area contributed by atoms with Gasteiger partial charge in [-0.3, -0.25) is 0 Å². The van der Waals surface area contributed by atoms with Gasteiger partial charge in [0, 0.05) is 16.0 Å². The number of aryl methyl sites for hydroxylation is 2. The summed E-state index contributed by atoms with van der Waals surface area (Å²) in [5, 5.41) is 1.74. The van der Waals surface area contributed by atoms with E-state index in [0.29, 0.717) is 0 Å². The van der Waals surface area contributed by atoms with Crippen molar-refractivity contribution >= 4 is 22.5 Å². The summed E-state index contributed by atoms with van der Waals surface area (Å²) in [4.78, 5) is 4.70. The van der Waals surface area contributed by atoms with Crippen LogP contribution >= 0.6 is 11.6 Å². The lowest BCUT2D eigenvalue weighted by atomic mass is 10.0. The highest BCUT2D eigenvalue weighted by molar-refractivity contribution is 6.35. The van der Waals surface area contributed by atoms with Crippen LogP contribution in [0.5, 0.6) is 0 Å². The quantitative estimate of drug-likeness (QED) is 0.593. The standard InChI is InChI=1S/C17H14ClN/c1-11-8-12(2)10-13(9-11)16-7-6-14-15(18)4-3-5-17(14)19-16/h3-10H,1-2H3. The van der Waals surface area contributed by atoms with Gasteiger partial charge in [0.05, 0.1) is 11.2 Å². The Bertz CT molecular complexity index is 742. The predicted octanol–water partition coefficient (Wildman–Crippen LogP) is 5.17. The van der Waals surface area contributed by atoms with Gasteiger partial charge in [0.15, 0.2) is 0 Å². The van der Waals surface area contributed by atoms with Crippen LogP contribution in [0.15, 0.2) is 48.5 Å². The molecular formula is C17H14ClN. The molecule has 3 rings (SSSR count). The number of halogens is 1. The number of hydrogen-bond acceptors (Lipinski definition) is 1. The molecule has 0 saturated carbocycles. The number of fused-ring (bicyclic) bond motifs is 1. The van der Waals surface area contributed by atoms with Crippen molar-refractivity contribution in [1.29, 1.82) is 0 Å². The van der Waals surface area contributed by atoms with Crippen molar-refractivity contribution in [3.05, 3.63) is 64.7 Å². The third kappa shape index (κ3) is 2.34. The first-order valence-corrected chi connectivity index (χ1v) is 6.65. The Balaban J connectivity index is 2.20. The summed E-state index contributed by atoms with van der Waals surface area (Å²) in [5.74, 6) is 0. The zero-order valence-corrected chi connectivity index (χ0v) is 11.7. The van der Waals surface area contributed by atoms with E-state index in [1.165, 1.54) is 11.1 Å². The molecule has 0 radical (unpaired) electrons. The molecule has 2 heteroatoms. The molecule has 1 aromatic heterocycles. The van der Waals surface area contributed by atoms with E-state index < -0.39 is 0 Å². The zero-order chi connectivity index (χ0) is 13.4. The highest BCUT2D eigenvalue weighted by atomic mass is 35.5. The van der Waals surface area contributed by atoms with Crippen molar-refractivity contribution in [2.75, 3.05) is 0 Å².